The Kier molecular flexibility index (Phi) is 6.57. The smallest absolute Gasteiger partial charge is 0.251 e. The van der Waals surface area contributed by atoms with Crippen LogP contribution in [0.25, 0.3) is 0 Å². The highest BCUT2D eigenvalue weighted by Gasteiger charge is 2.26. The van der Waals surface area contributed by atoms with E-state index in [1.807, 2.05) is 18.2 Å². The number of anilines is 1. The van der Waals surface area contributed by atoms with Crippen molar-refractivity contribution in [3.63, 3.8) is 0 Å². The van der Waals surface area contributed by atoms with Crippen LogP contribution < -0.4 is 19.1 Å². The van der Waals surface area contributed by atoms with Crippen molar-refractivity contribution >= 4 is 21.6 Å². The van der Waals surface area contributed by atoms with Gasteiger partial charge in [-0.1, -0.05) is 6.07 Å². The molecule has 9 heteroatoms. The molecular formula is C23H28N2O6S. The number of rotatable bonds is 8. The van der Waals surface area contributed by atoms with Crippen molar-refractivity contribution in [2.45, 2.75) is 31.9 Å². The zero-order chi connectivity index (χ0) is 22.7. The third-order valence-electron chi connectivity index (χ3n) is 5.72. The maximum atomic E-state index is 12.7. The van der Waals surface area contributed by atoms with Crippen LogP contribution in [0.4, 0.5) is 5.69 Å². The van der Waals surface area contributed by atoms with Crippen LogP contribution >= 0.6 is 0 Å². The zero-order valence-corrected chi connectivity index (χ0v) is 19.1. The summed E-state index contributed by atoms with van der Waals surface area (Å²) >= 11 is 0. The third-order valence-corrected chi connectivity index (χ3v) is 6.90. The number of ether oxygens (including phenoxy) is 3. The third kappa shape index (κ3) is 4.99. The van der Waals surface area contributed by atoms with E-state index in [0.717, 1.165) is 30.6 Å². The van der Waals surface area contributed by atoms with Gasteiger partial charge >= 0.3 is 0 Å². The van der Waals surface area contributed by atoms with Crippen LogP contribution in [-0.2, 0) is 27.7 Å². The molecule has 2 heterocycles. The second kappa shape index (κ2) is 9.38. The van der Waals surface area contributed by atoms with E-state index in [9.17, 15) is 13.2 Å². The number of carbonyl (C=O) groups is 1. The van der Waals surface area contributed by atoms with E-state index in [2.05, 4.69) is 5.32 Å². The van der Waals surface area contributed by atoms with E-state index in [4.69, 9.17) is 14.2 Å². The van der Waals surface area contributed by atoms with Gasteiger partial charge in [-0.15, -0.1) is 0 Å². The van der Waals surface area contributed by atoms with E-state index < -0.39 is 10.0 Å². The molecule has 2 aromatic carbocycles. The number of carbonyl (C=O) groups excluding carboxylic acids is 1. The van der Waals surface area contributed by atoms with Crippen molar-refractivity contribution in [3.8, 4) is 11.5 Å². The summed E-state index contributed by atoms with van der Waals surface area (Å²) in [4.78, 5) is 12.7. The lowest BCUT2D eigenvalue weighted by Gasteiger charge is -2.16. The second-order valence-corrected chi connectivity index (χ2v) is 9.95. The van der Waals surface area contributed by atoms with Crippen LogP contribution in [0.15, 0.2) is 36.4 Å². The van der Waals surface area contributed by atoms with E-state index >= 15 is 0 Å². The number of benzene rings is 2. The number of fused-ring (bicyclic) bond motifs is 1. The van der Waals surface area contributed by atoms with Gasteiger partial charge in [0.25, 0.3) is 5.91 Å². The summed E-state index contributed by atoms with van der Waals surface area (Å²) < 4.78 is 42.0. The fourth-order valence-corrected chi connectivity index (χ4v) is 5.00. The Hall–Kier alpha value is -2.78. The van der Waals surface area contributed by atoms with Crippen LogP contribution in [0, 0.1) is 0 Å². The first kappa shape index (κ1) is 22.4. The zero-order valence-electron chi connectivity index (χ0n) is 18.3. The molecule has 32 heavy (non-hydrogen) atoms. The minimum absolute atomic E-state index is 0.121. The Balaban J connectivity index is 1.37. The molecule has 0 radical (unpaired) electrons. The first-order chi connectivity index (χ1) is 15.3. The van der Waals surface area contributed by atoms with Crippen LogP contribution in [0.3, 0.4) is 0 Å². The number of nitrogens with zero attached hydrogens (tertiary/aromatic N) is 1. The van der Waals surface area contributed by atoms with Crippen molar-refractivity contribution in [2.24, 2.45) is 0 Å². The molecule has 0 saturated carbocycles. The van der Waals surface area contributed by atoms with Crippen LogP contribution in [0.5, 0.6) is 11.5 Å². The summed E-state index contributed by atoms with van der Waals surface area (Å²) in [5.74, 6) is 1.03. The standard InChI is InChI=1S/C23H28N2O6S/c1-29-22-12-16(5-8-21(22)31-15-19-4-3-11-30-19)14-24-23(26)18-6-7-20-17(13-18)9-10-25(20)32(2,27)28/h5-8,12-13,19H,3-4,9-11,14-15H2,1-2H3,(H,24,26). The number of hydrogen-bond donors (Lipinski definition) is 1. The topological polar surface area (TPSA) is 94.2 Å². The number of sulfonamides is 1. The summed E-state index contributed by atoms with van der Waals surface area (Å²) in [6.45, 7) is 2.00. The number of nitrogens with one attached hydrogen (secondary N) is 1. The molecule has 1 N–H and O–H groups in total. The molecule has 2 aliphatic heterocycles. The van der Waals surface area contributed by atoms with E-state index in [1.54, 1.807) is 25.3 Å². The van der Waals surface area contributed by atoms with Crippen LogP contribution in [0.1, 0.15) is 34.3 Å². The van der Waals surface area contributed by atoms with Gasteiger partial charge in [0, 0.05) is 25.3 Å². The molecule has 2 aromatic rings. The quantitative estimate of drug-likeness (QED) is 0.651. The fraction of sp³-hybridized carbons (Fsp3) is 0.435. The van der Waals surface area contributed by atoms with Crippen molar-refractivity contribution in [1.29, 1.82) is 0 Å². The SMILES string of the molecule is COc1cc(CNC(=O)c2ccc3c(c2)CCN3S(C)(=O)=O)ccc1OCC1CCCO1. The van der Waals surface area contributed by atoms with Gasteiger partial charge < -0.3 is 19.5 Å². The van der Waals surface area contributed by atoms with Crippen molar-refractivity contribution in [2.75, 3.05) is 37.4 Å². The Labute approximate surface area is 188 Å². The van der Waals surface area contributed by atoms with Crippen molar-refractivity contribution in [3.05, 3.63) is 53.1 Å². The fourth-order valence-electron chi connectivity index (χ4n) is 4.04. The normalized spacial score (nSPS) is 17.8. The van der Waals surface area contributed by atoms with Gasteiger partial charge in [-0.3, -0.25) is 9.10 Å². The summed E-state index contributed by atoms with van der Waals surface area (Å²) in [6, 6.07) is 10.7. The molecule has 1 saturated heterocycles. The molecular weight excluding hydrogens is 432 g/mol. The molecule has 1 fully saturated rings. The van der Waals surface area contributed by atoms with Crippen LogP contribution in [0.2, 0.25) is 0 Å². The van der Waals surface area contributed by atoms with Gasteiger partial charge in [-0.2, -0.15) is 0 Å². The van der Waals surface area contributed by atoms with Gasteiger partial charge in [-0.05, 0) is 60.7 Å². The summed E-state index contributed by atoms with van der Waals surface area (Å²) in [6.07, 6.45) is 3.96. The minimum Gasteiger partial charge on any atom is -0.493 e. The lowest BCUT2D eigenvalue weighted by atomic mass is 10.1. The van der Waals surface area contributed by atoms with Gasteiger partial charge in [0.05, 0.1) is 25.2 Å². The highest BCUT2D eigenvalue weighted by atomic mass is 32.2. The monoisotopic (exact) mass is 460 g/mol. The highest BCUT2D eigenvalue weighted by Crippen LogP contribution is 2.31. The molecule has 8 nitrogen and oxygen atoms in total. The maximum Gasteiger partial charge on any atom is 0.251 e. The number of amides is 1. The lowest BCUT2D eigenvalue weighted by molar-refractivity contribution is 0.0669. The Morgan fingerprint density at radius 2 is 2.06 bits per heavy atom. The van der Waals surface area contributed by atoms with Gasteiger partial charge in [0.2, 0.25) is 10.0 Å². The molecule has 1 atom stereocenters. The molecule has 4 rings (SSSR count). The van der Waals surface area contributed by atoms with E-state index in [0.29, 0.717) is 48.9 Å². The van der Waals surface area contributed by atoms with E-state index in [1.165, 1.54) is 10.6 Å². The highest BCUT2D eigenvalue weighted by molar-refractivity contribution is 7.92. The number of hydrogen-bond acceptors (Lipinski definition) is 6. The van der Waals surface area contributed by atoms with Crippen molar-refractivity contribution in [1.82, 2.24) is 5.32 Å². The van der Waals surface area contributed by atoms with Crippen LogP contribution in [-0.4, -0.2) is 53.6 Å². The summed E-state index contributed by atoms with van der Waals surface area (Å²) in [7, 11) is -1.73. The Morgan fingerprint density at radius 3 is 2.78 bits per heavy atom. The van der Waals surface area contributed by atoms with Gasteiger partial charge in [-0.25, -0.2) is 8.42 Å². The number of methoxy groups -OCH3 is 1. The molecule has 0 aromatic heterocycles. The summed E-state index contributed by atoms with van der Waals surface area (Å²) in [5.41, 5.74) is 2.89. The first-order valence-corrected chi connectivity index (χ1v) is 12.5. The first-order valence-electron chi connectivity index (χ1n) is 10.7. The summed E-state index contributed by atoms with van der Waals surface area (Å²) in [5, 5.41) is 2.91. The molecule has 172 valence electrons. The molecule has 1 amide bonds. The average Bonchev–Trinajstić information content (AvgIpc) is 3.45. The lowest BCUT2D eigenvalue weighted by Crippen LogP contribution is -2.27. The molecule has 0 bridgehead atoms. The van der Waals surface area contributed by atoms with Gasteiger partial charge in [0.15, 0.2) is 11.5 Å². The molecule has 2 aliphatic rings. The average molecular weight is 461 g/mol. The predicted molar refractivity (Wildman–Crippen MR) is 121 cm³/mol. The Bertz CT molecular complexity index is 1100. The van der Waals surface area contributed by atoms with Gasteiger partial charge in [0.1, 0.15) is 6.61 Å². The molecule has 0 spiro atoms. The van der Waals surface area contributed by atoms with Crippen molar-refractivity contribution < 1.29 is 27.4 Å². The minimum atomic E-state index is -3.31. The predicted octanol–water partition coefficient (Wildman–Crippen LogP) is 2.51. The molecule has 1 unspecified atom stereocenters. The molecule has 0 aliphatic carbocycles. The van der Waals surface area contributed by atoms with E-state index in [-0.39, 0.29) is 12.0 Å². The largest absolute Gasteiger partial charge is 0.493 e. The Morgan fingerprint density at radius 1 is 1.22 bits per heavy atom. The maximum absolute atomic E-state index is 12.7. The second-order valence-electron chi connectivity index (χ2n) is 8.04.